The van der Waals surface area contributed by atoms with Crippen molar-refractivity contribution >= 4 is 31.9 Å². The van der Waals surface area contributed by atoms with Gasteiger partial charge in [0.25, 0.3) is 0 Å². The summed E-state index contributed by atoms with van der Waals surface area (Å²) in [6.07, 6.45) is 0.844. The van der Waals surface area contributed by atoms with Crippen LogP contribution in [-0.4, -0.2) is 0 Å². The van der Waals surface area contributed by atoms with Gasteiger partial charge in [0.05, 0.1) is 0 Å². The van der Waals surface area contributed by atoms with Crippen LogP contribution in [0.5, 0.6) is 0 Å². The van der Waals surface area contributed by atoms with E-state index < -0.39 is 0 Å². The molecule has 0 heterocycles. The van der Waals surface area contributed by atoms with Gasteiger partial charge in [0, 0.05) is 15.0 Å². The molecule has 1 atom stereocenters. The number of halogens is 2. The molecule has 2 rings (SSSR count). The maximum atomic E-state index is 6.31. The summed E-state index contributed by atoms with van der Waals surface area (Å²) >= 11 is 7.03. The minimum Gasteiger partial charge on any atom is -0.324 e. The predicted molar refractivity (Wildman–Crippen MR) is 83.7 cm³/mol. The van der Waals surface area contributed by atoms with Crippen LogP contribution < -0.4 is 5.73 Å². The molecule has 0 aromatic heterocycles. The van der Waals surface area contributed by atoms with E-state index in [2.05, 4.69) is 57.0 Å². The molecule has 0 fully saturated rings. The van der Waals surface area contributed by atoms with Crippen LogP contribution >= 0.6 is 31.9 Å². The van der Waals surface area contributed by atoms with Crippen LogP contribution in [0.15, 0.2) is 51.4 Å². The van der Waals surface area contributed by atoms with E-state index in [0.717, 1.165) is 15.4 Å². The van der Waals surface area contributed by atoms with E-state index in [9.17, 15) is 0 Å². The second-order valence-electron chi connectivity index (χ2n) is 4.39. The summed E-state index contributed by atoms with van der Waals surface area (Å²) in [5.41, 5.74) is 9.98. The molecule has 2 aromatic rings. The van der Waals surface area contributed by atoms with E-state index in [1.165, 1.54) is 16.7 Å². The number of rotatable bonds is 3. The van der Waals surface area contributed by atoms with Gasteiger partial charge in [-0.25, -0.2) is 0 Å². The second-order valence-corrected chi connectivity index (χ2v) is 6.16. The van der Waals surface area contributed by atoms with Gasteiger partial charge in [-0.1, -0.05) is 56.1 Å². The molecule has 0 saturated heterocycles. The SMILES string of the molecule is Cc1c(Br)cccc1C(N)Cc1cccc(Br)c1. The highest BCUT2D eigenvalue weighted by Gasteiger charge is 2.11. The fourth-order valence-electron chi connectivity index (χ4n) is 2.05. The van der Waals surface area contributed by atoms with Crippen LogP contribution in [0.1, 0.15) is 22.7 Å². The van der Waals surface area contributed by atoms with Gasteiger partial charge in [0.2, 0.25) is 0 Å². The first-order chi connectivity index (χ1) is 8.58. The molecule has 94 valence electrons. The first-order valence-corrected chi connectivity index (χ1v) is 7.41. The molecular formula is C15H15Br2N. The summed E-state index contributed by atoms with van der Waals surface area (Å²) in [4.78, 5) is 0. The predicted octanol–water partition coefficient (Wildman–Crippen LogP) is 4.76. The van der Waals surface area contributed by atoms with Gasteiger partial charge >= 0.3 is 0 Å². The zero-order chi connectivity index (χ0) is 13.1. The summed E-state index contributed by atoms with van der Waals surface area (Å²) in [5, 5.41) is 0. The van der Waals surface area contributed by atoms with Crippen LogP contribution in [0.25, 0.3) is 0 Å². The van der Waals surface area contributed by atoms with E-state index in [0.29, 0.717) is 0 Å². The quantitative estimate of drug-likeness (QED) is 0.830. The van der Waals surface area contributed by atoms with Crippen molar-refractivity contribution in [3.63, 3.8) is 0 Å². The summed E-state index contributed by atoms with van der Waals surface area (Å²) in [5.74, 6) is 0. The molecule has 0 spiro atoms. The van der Waals surface area contributed by atoms with Gasteiger partial charge in [0.15, 0.2) is 0 Å². The Morgan fingerprint density at radius 2 is 1.83 bits per heavy atom. The summed E-state index contributed by atoms with van der Waals surface area (Å²) in [6, 6.07) is 14.5. The normalized spacial score (nSPS) is 12.4. The highest BCUT2D eigenvalue weighted by Crippen LogP contribution is 2.26. The Morgan fingerprint density at radius 1 is 1.11 bits per heavy atom. The van der Waals surface area contributed by atoms with Crippen molar-refractivity contribution in [2.75, 3.05) is 0 Å². The highest BCUT2D eigenvalue weighted by atomic mass is 79.9. The standard InChI is InChI=1S/C15H15Br2N/c1-10-13(6-3-7-14(10)17)15(18)9-11-4-2-5-12(16)8-11/h2-8,15H,9,18H2,1H3. The van der Waals surface area contributed by atoms with Crippen molar-refractivity contribution in [2.45, 2.75) is 19.4 Å². The molecule has 0 aliphatic heterocycles. The average molecular weight is 369 g/mol. The largest absolute Gasteiger partial charge is 0.324 e. The van der Waals surface area contributed by atoms with Gasteiger partial charge < -0.3 is 5.73 Å². The molecule has 0 aliphatic rings. The maximum Gasteiger partial charge on any atom is 0.0338 e. The minimum absolute atomic E-state index is 0.0248. The molecule has 0 amide bonds. The Morgan fingerprint density at radius 3 is 2.56 bits per heavy atom. The van der Waals surface area contributed by atoms with Crippen molar-refractivity contribution in [3.05, 3.63) is 68.1 Å². The van der Waals surface area contributed by atoms with E-state index >= 15 is 0 Å². The fraction of sp³-hybridized carbons (Fsp3) is 0.200. The van der Waals surface area contributed by atoms with Crippen molar-refractivity contribution < 1.29 is 0 Å². The van der Waals surface area contributed by atoms with Crippen LogP contribution in [0.2, 0.25) is 0 Å². The van der Waals surface area contributed by atoms with Gasteiger partial charge in [-0.15, -0.1) is 0 Å². The lowest BCUT2D eigenvalue weighted by Crippen LogP contribution is -2.14. The van der Waals surface area contributed by atoms with Crippen molar-refractivity contribution in [1.82, 2.24) is 0 Å². The van der Waals surface area contributed by atoms with Crippen molar-refractivity contribution in [1.29, 1.82) is 0 Å². The van der Waals surface area contributed by atoms with Gasteiger partial charge in [-0.05, 0) is 48.2 Å². The van der Waals surface area contributed by atoms with Crippen LogP contribution in [0.3, 0.4) is 0 Å². The lowest BCUT2D eigenvalue weighted by molar-refractivity contribution is 0.715. The Hall–Kier alpha value is -0.640. The molecule has 0 bridgehead atoms. The molecule has 2 N–H and O–H groups in total. The van der Waals surface area contributed by atoms with Gasteiger partial charge in [-0.3, -0.25) is 0 Å². The first-order valence-electron chi connectivity index (χ1n) is 5.83. The summed E-state index contributed by atoms with van der Waals surface area (Å²) < 4.78 is 2.21. The average Bonchev–Trinajstić information content (AvgIpc) is 2.32. The van der Waals surface area contributed by atoms with E-state index in [1.807, 2.05) is 24.3 Å². The maximum absolute atomic E-state index is 6.31. The molecular weight excluding hydrogens is 354 g/mol. The molecule has 0 aliphatic carbocycles. The lowest BCUT2D eigenvalue weighted by Gasteiger charge is -2.16. The van der Waals surface area contributed by atoms with Crippen LogP contribution in [-0.2, 0) is 6.42 Å². The van der Waals surface area contributed by atoms with E-state index in [-0.39, 0.29) is 6.04 Å². The number of benzene rings is 2. The van der Waals surface area contributed by atoms with E-state index in [4.69, 9.17) is 5.73 Å². The zero-order valence-corrected chi connectivity index (χ0v) is 13.3. The van der Waals surface area contributed by atoms with Crippen LogP contribution in [0, 0.1) is 6.92 Å². The van der Waals surface area contributed by atoms with Crippen LogP contribution in [0.4, 0.5) is 0 Å². The third-order valence-corrected chi connectivity index (χ3v) is 4.41. The van der Waals surface area contributed by atoms with Crippen molar-refractivity contribution in [2.24, 2.45) is 5.73 Å². The molecule has 18 heavy (non-hydrogen) atoms. The Labute approximate surface area is 125 Å². The third kappa shape index (κ3) is 3.22. The zero-order valence-electron chi connectivity index (χ0n) is 10.2. The number of hydrogen-bond donors (Lipinski definition) is 1. The topological polar surface area (TPSA) is 26.0 Å². The number of nitrogens with two attached hydrogens (primary N) is 1. The Bertz CT molecular complexity index is 552. The highest BCUT2D eigenvalue weighted by molar-refractivity contribution is 9.10. The van der Waals surface area contributed by atoms with Gasteiger partial charge in [0.1, 0.15) is 0 Å². The molecule has 1 nitrogen and oxygen atoms in total. The minimum atomic E-state index is 0.0248. The molecule has 3 heteroatoms. The Kier molecular flexibility index (Phi) is 4.60. The Balaban J connectivity index is 2.22. The fourth-order valence-corrected chi connectivity index (χ4v) is 2.88. The smallest absolute Gasteiger partial charge is 0.0338 e. The summed E-state index contributed by atoms with van der Waals surface area (Å²) in [6.45, 7) is 2.10. The first kappa shape index (κ1) is 13.8. The second kappa shape index (κ2) is 6.00. The van der Waals surface area contributed by atoms with E-state index in [1.54, 1.807) is 0 Å². The summed E-state index contributed by atoms with van der Waals surface area (Å²) in [7, 11) is 0. The van der Waals surface area contributed by atoms with Crippen molar-refractivity contribution in [3.8, 4) is 0 Å². The number of hydrogen-bond acceptors (Lipinski definition) is 1. The molecule has 0 saturated carbocycles. The molecule has 0 radical (unpaired) electrons. The van der Waals surface area contributed by atoms with Gasteiger partial charge in [-0.2, -0.15) is 0 Å². The molecule has 2 aromatic carbocycles. The lowest BCUT2D eigenvalue weighted by atomic mass is 9.96. The monoisotopic (exact) mass is 367 g/mol. The third-order valence-electron chi connectivity index (χ3n) is 3.05. The molecule has 1 unspecified atom stereocenters.